The van der Waals surface area contributed by atoms with Crippen molar-refractivity contribution in [2.24, 2.45) is 0 Å². The van der Waals surface area contributed by atoms with Crippen molar-refractivity contribution in [3.05, 3.63) is 60.4 Å². The Hall–Kier alpha value is -2.50. The van der Waals surface area contributed by atoms with E-state index in [4.69, 9.17) is 0 Å². The van der Waals surface area contributed by atoms with Crippen molar-refractivity contribution in [2.75, 3.05) is 4.90 Å². The van der Waals surface area contributed by atoms with Crippen LogP contribution in [0.1, 0.15) is 5.56 Å². The van der Waals surface area contributed by atoms with Crippen LogP contribution in [-0.4, -0.2) is 16.1 Å². The number of nitrogens with zero attached hydrogens (tertiary/aromatic N) is 2. The number of aromatic amines is 1. The normalized spacial score (nSPS) is 10.2. The zero-order valence-electron chi connectivity index (χ0n) is 9.94. The fourth-order valence-corrected chi connectivity index (χ4v) is 1.62. The first-order valence-electron chi connectivity index (χ1n) is 5.48. The van der Waals surface area contributed by atoms with Gasteiger partial charge in [0.25, 0.3) is 5.91 Å². The van der Waals surface area contributed by atoms with E-state index in [-0.39, 0.29) is 12.1 Å². The summed E-state index contributed by atoms with van der Waals surface area (Å²) in [6, 6.07) is 5.98. The van der Waals surface area contributed by atoms with Crippen LogP contribution < -0.4 is 4.90 Å². The monoisotopic (exact) mass is 263 g/mol. The van der Waals surface area contributed by atoms with Crippen molar-refractivity contribution >= 4 is 11.6 Å². The lowest BCUT2D eigenvalue weighted by molar-refractivity contribution is -0.116. The van der Waals surface area contributed by atoms with E-state index in [0.29, 0.717) is 5.69 Å². The highest BCUT2D eigenvalue weighted by Crippen LogP contribution is 2.19. The van der Waals surface area contributed by atoms with E-state index in [0.717, 1.165) is 4.90 Å². The van der Waals surface area contributed by atoms with Gasteiger partial charge in [-0.15, -0.1) is 0 Å². The quantitative estimate of drug-likeness (QED) is 0.862. The lowest BCUT2D eigenvalue weighted by atomic mass is 10.2. The Kier molecular flexibility index (Phi) is 3.70. The van der Waals surface area contributed by atoms with Crippen LogP contribution in [0, 0.1) is 5.82 Å². The number of halogens is 2. The first-order chi connectivity index (χ1) is 9.09. The fraction of sp³-hybridized carbons (Fsp3) is 0.0769. The molecule has 1 aromatic heterocycles. The molecule has 19 heavy (non-hydrogen) atoms. The van der Waals surface area contributed by atoms with Crippen molar-refractivity contribution in [1.82, 2.24) is 10.2 Å². The van der Waals surface area contributed by atoms with Crippen molar-refractivity contribution < 1.29 is 13.6 Å². The van der Waals surface area contributed by atoms with Crippen molar-refractivity contribution in [2.45, 2.75) is 6.54 Å². The van der Waals surface area contributed by atoms with E-state index < -0.39 is 17.6 Å². The summed E-state index contributed by atoms with van der Waals surface area (Å²) in [6.07, 6.45) is 2.77. The van der Waals surface area contributed by atoms with Gasteiger partial charge in [0.05, 0.1) is 18.4 Å². The molecular formula is C13H11F2N3O. The Labute approximate surface area is 108 Å². The molecule has 6 heteroatoms. The molecule has 2 aromatic rings. The minimum Gasteiger partial charge on any atom is -0.299 e. The van der Waals surface area contributed by atoms with Crippen LogP contribution in [0.2, 0.25) is 0 Å². The molecule has 0 saturated carbocycles. The highest BCUT2D eigenvalue weighted by atomic mass is 19.1. The maximum absolute atomic E-state index is 13.6. The van der Waals surface area contributed by atoms with Crippen LogP contribution in [-0.2, 0) is 11.3 Å². The van der Waals surface area contributed by atoms with E-state index in [1.54, 1.807) is 6.07 Å². The number of aromatic nitrogens is 2. The average molecular weight is 263 g/mol. The van der Waals surface area contributed by atoms with Crippen LogP contribution in [0.4, 0.5) is 14.5 Å². The van der Waals surface area contributed by atoms with E-state index in [1.807, 2.05) is 0 Å². The summed E-state index contributed by atoms with van der Waals surface area (Å²) in [4.78, 5) is 12.8. The molecule has 1 heterocycles. The van der Waals surface area contributed by atoms with Crippen LogP contribution in [0.5, 0.6) is 0 Å². The Morgan fingerprint density at radius 3 is 2.74 bits per heavy atom. The predicted octanol–water partition coefficient (Wildman–Crippen LogP) is 2.57. The molecule has 2 rings (SSSR count). The van der Waals surface area contributed by atoms with Crippen molar-refractivity contribution in [1.29, 1.82) is 0 Å². The largest absolute Gasteiger partial charge is 0.299 e. The zero-order valence-corrected chi connectivity index (χ0v) is 9.94. The molecule has 0 unspecified atom stereocenters. The SMILES string of the molecule is C=C(F)C(=O)N(Cc1ccccc1F)c1cn[nH]c1. The molecule has 0 spiro atoms. The second kappa shape index (κ2) is 5.43. The number of hydrogen-bond acceptors (Lipinski definition) is 2. The Balaban J connectivity index is 2.32. The van der Waals surface area contributed by atoms with Gasteiger partial charge in [0, 0.05) is 11.8 Å². The van der Waals surface area contributed by atoms with Gasteiger partial charge < -0.3 is 0 Å². The Bertz CT molecular complexity index is 596. The molecule has 0 saturated heterocycles. The first-order valence-corrected chi connectivity index (χ1v) is 5.48. The minimum absolute atomic E-state index is 0.103. The van der Waals surface area contributed by atoms with Gasteiger partial charge in [0.2, 0.25) is 0 Å². The lowest BCUT2D eigenvalue weighted by Gasteiger charge is -2.20. The maximum Gasteiger partial charge on any atom is 0.286 e. The number of carbonyl (C=O) groups excluding carboxylic acids is 1. The highest BCUT2D eigenvalue weighted by Gasteiger charge is 2.21. The maximum atomic E-state index is 13.6. The summed E-state index contributed by atoms with van der Waals surface area (Å²) in [5.74, 6) is -2.50. The summed E-state index contributed by atoms with van der Waals surface area (Å²) >= 11 is 0. The standard InChI is InChI=1S/C13H11F2N3O/c1-9(14)13(19)18(11-6-16-17-7-11)8-10-4-2-3-5-12(10)15/h2-7H,1,8H2,(H,16,17). The molecule has 98 valence electrons. The Morgan fingerprint density at radius 1 is 1.42 bits per heavy atom. The molecule has 1 aromatic carbocycles. The summed E-state index contributed by atoms with van der Waals surface area (Å²) < 4.78 is 26.6. The number of rotatable bonds is 4. The van der Waals surface area contributed by atoms with E-state index in [1.165, 1.54) is 30.6 Å². The third kappa shape index (κ3) is 2.85. The van der Waals surface area contributed by atoms with Gasteiger partial charge in [0.15, 0.2) is 5.83 Å². The highest BCUT2D eigenvalue weighted by molar-refractivity contribution is 6.03. The topological polar surface area (TPSA) is 49.0 Å². The number of nitrogens with one attached hydrogen (secondary N) is 1. The molecule has 0 aliphatic carbocycles. The van der Waals surface area contributed by atoms with Crippen molar-refractivity contribution in [3.8, 4) is 0 Å². The van der Waals surface area contributed by atoms with Crippen molar-refractivity contribution in [3.63, 3.8) is 0 Å². The minimum atomic E-state index is -1.11. The molecule has 0 aliphatic rings. The summed E-state index contributed by atoms with van der Waals surface area (Å²) in [6.45, 7) is 2.86. The van der Waals surface area contributed by atoms with Crippen LogP contribution >= 0.6 is 0 Å². The van der Waals surface area contributed by atoms with E-state index in [9.17, 15) is 13.6 Å². The second-order valence-electron chi connectivity index (χ2n) is 3.84. The van der Waals surface area contributed by atoms with Gasteiger partial charge in [-0.2, -0.15) is 5.10 Å². The number of amides is 1. The Morgan fingerprint density at radius 2 is 2.16 bits per heavy atom. The van der Waals surface area contributed by atoms with Gasteiger partial charge in [-0.3, -0.25) is 14.8 Å². The van der Waals surface area contributed by atoms with Gasteiger partial charge in [0.1, 0.15) is 5.82 Å². The van der Waals surface area contributed by atoms with Gasteiger partial charge in [-0.25, -0.2) is 8.78 Å². The molecule has 4 nitrogen and oxygen atoms in total. The van der Waals surface area contributed by atoms with Gasteiger partial charge in [-0.05, 0) is 6.07 Å². The van der Waals surface area contributed by atoms with Gasteiger partial charge >= 0.3 is 0 Å². The average Bonchev–Trinajstić information content (AvgIpc) is 2.90. The number of anilines is 1. The molecule has 0 aliphatic heterocycles. The van der Waals surface area contributed by atoms with E-state index in [2.05, 4.69) is 16.8 Å². The smallest absolute Gasteiger partial charge is 0.286 e. The zero-order chi connectivity index (χ0) is 13.8. The van der Waals surface area contributed by atoms with Crippen LogP contribution in [0.25, 0.3) is 0 Å². The molecule has 1 N–H and O–H groups in total. The third-order valence-electron chi connectivity index (χ3n) is 2.56. The van der Waals surface area contributed by atoms with Crippen LogP contribution in [0.3, 0.4) is 0 Å². The molecular weight excluding hydrogens is 252 g/mol. The molecule has 0 fully saturated rings. The summed E-state index contributed by atoms with van der Waals surface area (Å²) in [7, 11) is 0. The number of carbonyl (C=O) groups is 1. The second-order valence-corrected chi connectivity index (χ2v) is 3.84. The molecule has 0 bridgehead atoms. The molecule has 1 amide bonds. The lowest BCUT2D eigenvalue weighted by Crippen LogP contribution is -2.30. The third-order valence-corrected chi connectivity index (χ3v) is 2.56. The number of H-pyrrole nitrogens is 1. The van der Waals surface area contributed by atoms with Crippen LogP contribution in [0.15, 0.2) is 49.1 Å². The van der Waals surface area contributed by atoms with E-state index >= 15 is 0 Å². The summed E-state index contributed by atoms with van der Waals surface area (Å²) in [5.41, 5.74) is 0.616. The number of hydrogen-bond donors (Lipinski definition) is 1. The summed E-state index contributed by atoms with van der Waals surface area (Å²) in [5, 5.41) is 6.20. The fourth-order valence-electron chi connectivity index (χ4n) is 1.62. The number of benzene rings is 1. The molecule has 0 radical (unpaired) electrons. The van der Waals surface area contributed by atoms with Gasteiger partial charge in [-0.1, -0.05) is 24.8 Å². The molecule has 0 atom stereocenters. The first kappa shape index (κ1) is 12.9. The predicted molar refractivity (Wildman–Crippen MR) is 66.4 cm³/mol.